The van der Waals surface area contributed by atoms with Crippen LogP contribution in [0.4, 0.5) is 23.7 Å². The van der Waals surface area contributed by atoms with Crippen LogP contribution in [0.2, 0.25) is 0 Å². The number of methoxy groups -OCH3 is 2. The zero-order valence-electron chi connectivity index (χ0n) is 50.1. The third kappa shape index (κ3) is 22.2. The fourth-order valence-corrected chi connectivity index (χ4v) is 10.1. The van der Waals surface area contributed by atoms with Crippen LogP contribution in [-0.4, -0.2) is 134 Å². The lowest BCUT2D eigenvalue weighted by Gasteiger charge is -2.26. The molecular weight excluding hydrogens is 1280 g/mol. The van der Waals surface area contributed by atoms with E-state index in [0.717, 1.165) is 41.7 Å². The number of benzene rings is 4. The van der Waals surface area contributed by atoms with Crippen molar-refractivity contribution >= 4 is 90.6 Å². The number of nitrogens with one attached hydrogen (secondary N) is 2. The zero-order valence-corrected chi connectivity index (χ0v) is 52.5. The number of nitrogens with two attached hydrogens (primary N) is 1. The Balaban J connectivity index is 0.876. The van der Waals surface area contributed by atoms with E-state index in [-0.39, 0.29) is 122 Å². The van der Waals surface area contributed by atoms with Crippen molar-refractivity contribution in [2.75, 3.05) is 65.7 Å². The topological polar surface area (TPSA) is 372 Å². The highest BCUT2D eigenvalue weighted by atomic mass is 32.2. The van der Waals surface area contributed by atoms with E-state index in [1.165, 1.54) is 74.9 Å². The van der Waals surface area contributed by atoms with Gasteiger partial charge in [0.25, 0.3) is 10.0 Å². The number of hydrogen-bond donors (Lipinski definition) is 4. The molecule has 7 aromatic rings. The number of sulfonamides is 1. The summed E-state index contributed by atoms with van der Waals surface area (Å²) in [5.41, 5.74) is 0.214. The first-order chi connectivity index (χ1) is 44.5. The van der Waals surface area contributed by atoms with E-state index in [1.807, 2.05) is 0 Å². The number of phenolic OH excluding ortho intramolecular Hbond substituents is 1. The van der Waals surface area contributed by atoms with Gasteiger partial charge in [0.2, 0.25) is 21.3 Å². The Morgan fingerprint density at radius 2 is 1.39 bits per heavy atom. The number of phenols is 1. The van der Waals surface area contributed by atoms with Gasteiger partial charge in [0.1, 0.15) is 24.5 Å². The summed E-state index contributed by atoms with van der Waals surface area (Å²) in [6.07, 6.45) is 6.25. The maximum Gasteiger partial charge on any atom is 0.514 e. The minimum absolute atomic E-state index is 0.0318. The van der Waals surface area contributed by atoms with Crippen LogP contribution in [0.5, 0.6) is 34.5 Å². The summed E-state index contributed by atoms with van der Waals surface area (Å²) in [6.45, 7) is 5.08. The summed E-state index contributed by atoms with van der Waals surface area (Å²) in [6, 6.07) is 19.3. The van der Waals surface area contributed by atoms with Gasteiger partial charge in [0, 0.05) is 25.5 Å². The second-order valence-corrected chi connectivity index (χ2v) is 23.6. The first-order valence-electron chi connectivity index (χ1n) is 27.7. The summed E-state index contributed by atoms with van der Waals surface area (Å²) in [4.78, 5) is 76.1. The molecule has 5 N–H and O–H groups in total. The summed E-state index contributed by atoms with van der Waals surface area (Å²) < 4.78 is 103. The number of allylic oxidation sites excluding steroid dienone is 3. The molecule has 3 aromatic heterocycles. The van der Waals surface area contributed by atoms with Gasteiger partial charge in [-0.3, -0.25) is 29.3 Å². The molecule has 4 aromatic carbocycles. The number of amides is 2. The van der Waals surface area contributed by atoms with Crippen molar-refractivity contribution in [3.63, 3.8) is 0 Å². The number of aromatic nitrogens is 5. The monoisotopic (exact) mass is 1350 g/mol. The summed E-state index contributed by atoms with van der Waals surface area (Å²) >= 11 is 1.54. The van der Waals surface area contributed by atoms with Gasteiger partial charge in [0.05, 0.1) is 82.0 Å². The largest absolute Gasteiger partial charge is 0.514 e. The Kier molecular flexibility index (Phi) is 25.8. The Morgan fingerprint density at radius 1 is 0.731 bits per heavy atom. The fraction of sp³-hybridized carbons (Fsp3) is 0.283. The summed E-state index contributed by atoms with van der Waals surface area (Å²) in [7, 11) is -1.39. The quantitative estimate of drug-likeness (QED) is 0.00333. The van der Waals surface area contributed by atoms with Crippen molar-refractivity contribution < 1.29 is 93.8 Å². The van der Waals surface area contributed by atoms with Gasteiger partial charge in [-0.1, -0.05) is 64.3 Å². The van der Waals surface area contributed by atoms with E-state index in [9.17, 15) is 56.4 Å². The first kappa shape index (κ1) is 70.6. The fourth-order valence-electron chi connectivity index (χ4n) is 7.90. The third-order valence-corrected chi connectivity index (χ3v) is 16.0. The van der Waals surface area contributed by atoms with Gasteiger partial charge in [0.15, 0.2) is 57.7 Å². The normalized spacial score (nSPS) is 11.8. The van der Waals surface area contributed by atoms with E-state index in [2.05, 4.69) is 31.1 Å². The van der Waals surface area contributed by atoms with Crippen molar-refractivity contribution in [3.05, 3.63) is 163 Å². The number of ketones is 2. The van der Waals surface area contributed by atoms with Crippen LogP contribution in [-0.2, 0) is 73.5 Å². The molecule has 0 aliphatic heterocycles. The van der Waals surface area contributed by atoms with Crippen LogP contribution in [0.1, 0.15) is 59.5 Å². The lowest BCUT2D eigenvalue weighted by molar-refractivity contribution is -0.380. The molecule has 0 spiro atoms. The Hall–Kier alpha value is -9.90. The number of aromatic hydroxyl groups is 1. The lowest BCUT2D eigenvalue weighted by Crippen LogP contribution is -2.28. The predicted octanol–water partition coefficient (Wildman–Crippen LogP) is 7.89. The molecule has 0 aliphatic carbocycles. The van der Waals surface area contributed by atoms with Crippen LogP contribution in [0, 0.1) is 21.7 Å². The van der Waals surface area contributed by atoms with Gasteiger partial charge in [-0.05, 0) is 109 Å². The molecule has 0 bridgehead atoms. The van der Waals surface area contributed by atoms with Crippen molar-refractivity contribution in [3.8, 4) is 34.5 Å². The number of hydrogen-bond acceptors (Lipinski definition) is 25. The number of carbonyl (C=O) groups excluding carboxylic acids is 5. The number of rotatable bonds is 36. The second kappa shape index (κ2) is 34.0. The standard InChI is InChI=1S/C60H61F2N9O19S3/c1-60(2,53-17-20-56(91-53)71(78)79)90-49-16-10-40(33-52(49)87-36-41-34-70(69-66-41)22-24-85-26-28-86-27-25-84-23-21-64-54(75)18-19-55(76)65-57-67-68-58(92-57)93(63,80)81)35-88-59(77)89-48-15-9-38(32-51(48)83-4)7-13-46(73)42(29-39-5-11-43(61)44(62)30-39)45(72)12-6-37-8-14-47(74)50(31-37)82-3/h5-17,20,29-34,74H,18-19,21-28,35-36H2,1-4H3,(H,64,75)(H2,63,80,81)(H,65,67,76)/b12-6+,13-7+,42-29-. The molecule has 7 rings (SSSR count). The Bertz CT molecular complexity index is 4020. The highest BCUT2D eigenvalue weighted by Gasteiger charge is 2.29. The SMILES string of the molecule is COc1cc(/C=C/C(=O)/C(=C/c2ccc(F)c(F)c2)C(=O)/C=C/c2ccc(OC(=O)OCc3ccc(OC(C)(C)c4ccc([N+](=O)[O-])s4)c(OCc4cn(CCOCCOCCOCCNC(=O)CCC(=O)Nc5nnc(S(N)(=O)=O)s5)nn4)c3)c(OC)c2)ccc1O. The molecule has 0 radical (unpaired) electrons. The van der Waals surface area contributed by atoms with Gasteiger partial charge < -0.3 is 58.4 Å². The zero-order chi connectivity index (χ0) is 67.1. The molecule has 0 unspecified atom stereocenters. The summed E-state index contributed by atoms with van der Waals surface area (Å²) in [5.74, 6) is -4.43. The van der Waals surface area contributed by atoms with Gasteiger partial charge in [-0.25, -0.2) is 31.8 Å². The molecule has 0 saturated heterocycles. The second-order valence-electron chi connectivity index (χ2n) is 19.8. The number of ether oxygens (including phenoxy) is 9. The predicted molar refractivity (Wildman–Crippen MR) is 331 cm³/mol. The van der Waals surface area contributed by atoms with Gasteiger partial charge in [-0.2, -0.15) is 0 Å². The number of primary sulfonamides is 1. The minimum Gasteiger partial charge on any atom is -0.504 e. The maximum atomic E-state index is 14.2. The van der Waals surface area contributed by atoms with Crippen LogP contribution >= 0.6 is 22.7 Å². The molecular formula is C60H61F2N9O19S3. The number of carbonyl (C=O) groups is 5. The van der Waals surface area contributed by atoms with Gasteiger partial charge >= 0.3 is 11.2 Å². The number of halogens is 2. The number of nitro groups is 1. The molecule has 28 nitrogen and oxygen atoms in total. The van der Waals surface area contributed by atoms with Crippen molar-refractivity contribution in [2.24, 2.45) is 5.14 Å². The molecule has 33 heteroatoms. The van der Waals surface area contributed by atoms with Crippen molar-refractivity contribution in [2.45, 2.75) is 56.4 Å². The van der Waals surface area contributed by atoms with E-state index in [0.29, 0.717) is 45.1 Å². The average Bonchev–Trinajstić information content (AvgIpc) is 1.82. The molecule has 0 saturated carbocycles. The average molecular weight is 1350 g/mol. The number of nitrogens with zero attached hydrogens (tertiary/aromatic N) is 6. The maximum absolute atomic E-state index is 14.2. The van der Waals surface area contributed by atoms with Crippen molar-refractivity contribution in [1.82, 2.24) is 30.5 Å². The van der Waals surface area contributed by atoms with Crippen LogP contribution in [0.15, 0.2) is 113 Å². The van der Waals surface area contributed by atoms with E-state index < -0.39 is 71.6 Å². The van der Waals surface area contributed by atoms with E-state index in [1.54, 1.807) is 49.0 Å². The lowest BCUT2D eigenvalue weighted by atomic mass is 10.0. The molecule has 2 amide bonds. The molecule has 0 fully saturated rings. The molecule has 0 atom stereocenters. The Morgan fingerprint density at radius 3 is 2.05 bits per heavy atom. The minimum atomic E-state index is -4.05. The molecule has 492 valence electrons. The van der Waals surface area contributed by atoms with Crippen molar-refractivity contribution in [1.29, 1.82) is 0 Å². The molecule has 93 heavy (non-hydrogen) atoms. The summed E-state index contributed by atoms with van der Waals surface area (Å²) in [5, 5.41) is 46.6. The number of thiophene rings is 1. The molecule has 0 aliphatic rings. The van der Waals surface area contributed by atoms with Crippen LogP contribution in [0.25, 0.3) is 18.2 Å². The van der Waals surface area contributed by atoms with Gasteiger partial charge in [-0.15, -0.1) is 15.3 Å². The third-order valence-electron chi connectivity index (χ3n) is 12.5. The molecule has 3 heterocycles. The van der Waals surface area contributed by atoms with Crippen LogP contribution in [0.3, 0.4) is 0 Å². The smallest absolute Gasteiger partial charge is 0.504 e. The van der Waals surface area contributed by atoms with E-state index in [4.69, 9.17) is 47.8 Å². The highest BCUT2D eigenvalue weighted by molar-refractivity contribution is 7.91. The first-order valence-corrected chi connectivity index (χ1v) is 30.9. The van der Waals surface area contributed by atoms with E-state index >= 15 is 0 Å². The van der Waals surface area contributed by atoms with Crippen LogP contribution < -0.4 is 39.5 Å². The highest BCUT2D eigenvalue weighted by Crippen LogP contribution is 2.40. The Labute approximate surface area is 537 Å². The number of anilines is 1.